The van der Waals surface area contributed by atoms with Gasteiger partial charge in [0.1, 0.15) is 12.6 Å². The molecule has 412 valence electrons. The van der Waals surface area contributed by atoms with Crippen molar-refractivity contribution in [3.05, 3.63) is 140 Å². The molecule has 2 heterocycles. The number of rotatable bonds is 0. The van der Waals surface area contributed by atoms with Crippen molar-refractivity contribution >= 4 is 48.0 Å². The number of aliphatic hydroxyl groups is 4. The molecule has 0 aromatic rings. The minimum atomic E-state index is -1.17. The first-order valence-electron chi connectivity index (χ1n) is 22.8. The second-order valence-corrected chi connectivity index (χ2v) is 16.3. The SMILES string of the molecule is CC(O)O.CC(O)O.CC1=CC2=CNCCCNC=C3C=C(C)C=C(C=NCCCN=CC(=C1)C2=O)C3=O.CC1=CC2=CNCCCNC=C3C=C(C)C=C(C=NCCCN=CC(=C1)C2=O)C3=O.O.O.[Fe].[Fe].[Fe].[Fe]. The van der Waals surface area contributed by atoms with Gasteiger partial charge < -0.3 is 52.6 Å². The molecule has 2 aliphatic heterocycles. The summed E-state index contributed by atoms with van der Waals surface area (Å²) in [6.07, 6.45) is 29.5. The van der Waals surface area contributed by atoms with E-state index in [0.717, 1.165) is 48.0 Å². The van der Waals surface area contributed by atoms with Gasteiger partial charge in [-0.3, -0.25) is 39.1 Å². The predicted octanol–water partition coefficient (Wildman–Crippen LogP) is 2.53. The van der Waals surface area contributed by atoms with E-state index in [2.05, 4.69) is 41.2 Å². The van der Waals surface area contributed by atoms with Gasteiger partial charge in [0.15, 0.2) is 23.1 Å². The molecule has 0 spiro atoms. The first-order valence-corrected chi connectivity index (χ1v) is 22.8. The molecular formula is C52H72Fe4N8O10. The normalized spacial score (nSPS) is 18.1. The molecule has 0 radical (unpaired) electrons. The van der Waals surface area contributed by atoms with Crippen LogP contribution >= 0.6 is 0 Å². The maximum Gasteiger partial charge on any atom is 0.196 e. The first-order chi connectivity index (χ1) is 32.5. The second kappa shape index (κ2) is 42.5. The van der Waals surface area contributed by atoms with Crippen molar-refractivity contribution in [3.8, 4) is 0 Å². The van der Waals surface area contributed by atoms with Crippen molar-refractivity contribution in [1.29, 1.82) is 0 Å². The van der Waals surface area contributed by atoms with Crippen LogP contribution in [0.25, 0.3) is 0 Å². The fourth-order valence-corrected chi connectivity index (χ4v) is 6.60. The minimum Gasteiger partial charge on any atom is -0.412 e. The van der Waals surface area contributed by atoms with Gasteiger partial charge in [-0.05, 0) is 138 Å². The first kappa shape index (κ1) is 75.8. The summed E-state index contributed by atoms with van der Waals surface area (Å²) in [7, 11) is 0. The Morgan fingerprint density at radius 2 is 0.554 bits per heavy atom. The molecule has 12 N–H and O–H groups in total. The molecule has 0 unspecified atom stereocenters. The zero-order valence-corrected chi connectivity index (χ0v) is 46.9. The quantitative estimate of drug-likeness (QED) is 0.128. The van der Waals surface area contributed by atoms with Gasteiger partial charge in [0, 0.05) is 215 Å². The van der Waals surface area contributed by atoms with Crippen molar-refractivity contribution in [3.63, 3.8) is 0 Å². The Labute approximate surface area is 477 Å². The molecule has 0 saturated carbocycles. The van der Waals surface area contributed by atoms with Gasteiger partial charge in [-0.25, -0.2) is 0 Å². The van der Waals surface area contributed by atoms with Crippen molar-refractivity contribution in [2.24, 2.45) is 20.0 Å². The van der Waals surface area contributed by atoms with Crippen LogP contribution in [-0.2, 0) is 87.5 Å². The van der Waals surface area contributed by atoms with Crippen LogP contribution in [0.3, 0.4) is 0 Å². The number of nitrogens with one attached hydrogen (secondary N) is 4. The molecule has 0 aromatic heterocycles. The molecule has 0 atom stereocenters. The van der Waals surface area contributed by atoms with Crippen molar-refractivity contribution in [1.82, 2.24) is 21.3 Å². The van der Waals surface area contributed by atoms with E-state index in [4.69, 9.17) is 20.4 Å². The Morgan fingerprint density at radius 1 is 0.365 bits per heavy atom. The molecule has 0 saturated heterocycles. The van der Waals surface area contributed by atoms with Gasteiger partial charge in [-0.1, -0.05) is 0 Å². The Bertz CT molecular complexity index is 2050. The molecule has 0 aromatic carbocycles. The average Bonchev–Trinajstić information content (AvgIpc) is 3.26. The van der Waals surface area contributed by atoms with Gasteiger partial charge in [-0.15, -0.1) is 0 Å². The topological polar surface area (TPSA) is 310 Å². The molecule has 74 heavy (non-hydrogen) atoms. The van der Waals surface area contributed by atoms with Crippen LogP contribution in [0, 0.1) is 0 Å². The number of nitrogens with zero attached hydrogens (tertiary/aromatic N) is 4. The van der Waals surface area contributed by atoms with Crippen LogP contribution in [0.4, 0.5) is 0 Å². The summed E-state index contributed by atoms with van der Waals surface area (Å²) in [4.78, 5) is 68.0. The largest absolute Gasteiger partial charge is 0.412 e. The van der Waals surface area contributed by atoms with E-state index in [-0.39, 0.29) is 102 Å². The van der Waals surface area contributed by atoms with E-state index >= 15 is 0 Å². The molecule has 0 amide bonds. The molecule has 4 aliphatic carbocycles. The van der Waals surface area contributed by atoms with Crippen molar-refractivity contribution in [2.75, 3.05) is 52.4 Å². The van der Waals surface area contributed by atoms with Gasteiger partial charge >= 0.3 is 0 Å². The van der Waals surface area contributed by atoms with Gasteiger partial charge in [-0.2, -0.15) is 0 Å². The summed E-state index contributed by atoms with van der Waals surface area (Å²) < 4.78 is 0. The number of Topliss-reactive ketones (excluding diaryl/α,β-unsaturated/α-hetero) is 4. The molecule has 0 fully saturated rings. The molecule has 8 bridgehead atoms. The standard InChI is InChI=1S/2C24H28N4O2.2C2H6O2.4Fe.2H2O/c2*1-17-9-19-13-25-5-3-7-27-15-21-11-18(2)12-22(24(21)30)16-28-8-4-6-26-14-20(10-17)23(19)29;2*1-2(3)4;;;;;;/h2*9-16,25,27H,3-8H2,1-2H3;2*2-4H,1H3;;;;;2*1H2. The summed E-state index contributed by atoms with van der Waals surface area (Å²) in [5.74, 6) is -0.0831. The van der Waals surface area contributed by atoms with E-state index in [1.165, 1.54) is 13.8 Å². The van der Waals surface area contributed by atoms with Crippen LogP contribution < -0.4 is 21.3 Å². The zero-order chi connectivity index (χ0) is 49.8. The van der Waals surface area contributed by atoms with Gasteiger partial charge in [0.05, 0.1) is 0 Å². The number of aliphatic hydroxyl groups excluding tert-OH is 2. The maximum absolute atomic E-state index is 12.6. The van der Waals surface area contributed by atoms with Crippen LogP contribution in [0.1, 0.15) is 67.2 Å². The molecular weight excluding hydrogens is 1120 g/mol. The monoisotopic (exact) mass is 1190 g/mol. The van der Waals surface area contributed by atoms with E-state index in [1.54, 1.807) is 49.7 Å². The zero-order valence-electron chi connectivity index (χ0n) is 42.5. The average molecular weight is 1190 g/mol. The summed E-state index contributed by atoms with van der Waals surface area (Å²) >= 11 is 0. The maximum atomic E-state index is 12.6. The fourth-order valence-electron chi connectivity index (χ4n) is 6.60. The molecule has 18 nitrogen and oxygen atoms in total. The summed E-state index contributed by atoms with van der Waals surface area (Å²) in [6.45, 7) is 15.6. The van der Waals surface area contributed by atoms with Gasteiger partial charge in [0.2, 0.25) is 0 Å². The Hall–Kier alpha value is -4.72. The number of carbonyl (C=O) groups is 4. The third-order valence-electron chi connectivity index (χ3n) is 9.55. The number of allylic oxidation sites excluding steroid dienone is 20. The Morgan fingerprint density at radius 3 is 0.743 bits per heavy atom. The van der Waals surface area contributed by atoms with Crippen LogP contribution in [-0.4, -0.2) is 144 Å². The smallest absolute Gasteiger partial charge is 0.196 e. The van der Waals surface area contributed by atoms with E-state index in [1.807, 2.05) is 76.3 Å². The molecule has 6 aliphatic rings. The number of carbonyl (C=O) groups excluding carboxylic acids is 4. The predicted molar refractivity (Wildman–Crippen MR) is 279 cm³/mol. The fraction of sp³-hybridized carbons (Fsp3) is 0.385. The van der Waals surface area contributed by atoms with E-state index in [0.29, 0.717) is 96.9 Å². The Balaban J connectivity index is -0.000000539. The van der Waals surface area contributed by atoms with E-state index < -0.39 is 12.6 Å². The van der Waals surface area contributed by atoms with Crippen LogP contribution in [0.2, 0.25) is 0 Å². The van der Waals surface area contributed by atoms with Crippen molar-refractivity contribution < 1.29 is 119 Å². The molecule has 6 rings (SSSR count). The number of aliphatic imine (C=N–C) groups is 4. The third-order valence-corrected chi connectivity index (χ3v) is 9.55. The summed E-state index contributed by atoms with van der Waals surface area (Å²) in [6, 6.07) is 0. The Kier molecular flexibility index (Phi) is 43.5. The minimum absolute atomic E-state index is 0. The third kappa shape index (κ3) is 30.0. The van der Waals surface area contributed by atoms with E-state index in [9.17, 15) is 19.2 Å². The second-order valence-electron chi connectivity index (χ2n) is 16.3. The van der Waals surface area contributed by atoms with Crippen LogP contribution in [0.15, 0.2) is 160 Å². The number of ketones is 4. The summed E-state index contributed by atoms with van der Waals surface area (Å²) in [5, 5.41) is 43.3. The molecule has 22 heteroatoms. The number of hydrogen-bond acceptors (Lipinski definition) is 16. The van der Waals surface area contributed by atoms with Gasteiger partial charge in [0.25, 0.3) is 0 Å². The number of hydrogen-bond donors (Lipinski definition) is 8. The summed E-state index contributed by atoms with van der Waals surface area (Å²) in [5.41, 5.74) is 9.04. The number of fused-ring (bicyclic) bond motifs is 8. The van der Waals surface area contributed by atoms with Crippen molar-refractivity contribution in [2.45, 2.75) is 79.8 Å². The van der Waals surface area contributed by atoms with Crippen LogP contribution in [0.5, 0.6) is 0 Å².